The van der Waals surface area contributed by atoms with E-state index in [4.69, 9.17) is 0 Å². The lowest BCUT2D eigenvalue weighted by molar-refractivity contribution is 0.992. The normalized spacial score (nSPS) is 11.4. The summed E-state index contributed by atoms with van der Waals surface area (Å²) in [5.41, 5.74) is 1.69. The van der Waals surface area contributed by atoms with Crippen molar-refractivity contribution in [1.29, 1.82) is 0 Å². The second-order valence-electron chi connectivity index (χ2n) is 4.12. The van der Waals surface area contributed by atoms with Gasteiger partial charge in [0.1, 0.15) is 0 Å². The number of aromatic amines is 1. The minimum absolute atomic E-state index is 0.228. The smallest absolute Gasteiger partial charge is 0.293 e. The van der Waals surface area contributed by atoms with Crippen LogP contribution in [0, 0.1) is 0 Å². The van der Waals surface area contributed by atoms with Gasteiger partial charge in [-0.1, -0.05) is 18.2 Å². The van der Waals surface area contributed by atoms with Crippen molar-refractivity contribution in [1.82, 2.24) is 19.6 Å². The molecular weight excluding hydrogens is 260 g/mol. The number of benzene rings is 1. The summed E-state index contributed by atoms with van der Waals surface area (Å²) in [5.74, 6) is 0.580. The number of hydrogen-bond donors (Lipinski definition) is 1. The topological polar surface area (TPSA) is 63.0 Å². The van der Waals surface area contributed by atoms with Gasteiger partial charge in [-0.05, 0) is 23.6 Å². The third kappa shape index (κ3) is 1.50. The van der Waals surface area contributed by atoms with E-state index in [1.54, 1.807) is 15.9 Å². The molecule has 92 valence electrons. The molecule has 0 unspecified atom stereocenters. The maximum Gasteiger partial charge on any atom is 0.293 e. The molecule has 0 aliphatic rings. The quantitative estimate of drug-likeness (QED) is 0.576. The molecule has 3 heterocycles. The predicted molar refractivity (Wildman–Crippen MR) is 74.4 cm³/mol. The number of thiophene rings is 1. The van der Waals surface area contributed by atoms with Gasteiger partial charge in [0.2, 0.25) is 5.65 Å². The van der Waals surface area contributed by atoms with Crippen LogP contribution in [-0.4, -0.2) is 19.6 Å². The van der Waals surface area contributed by atoms with E-state index in [9.17, 15) is 4.79 Å². The summed E-state index contributed by atoms with van der Waals surface area (Å²) >= 11 is 1.55. The molecule has 0 aliphatic carbocycles. The van der Waals surface area contributed by atoms with Crippen LogP contribution >= 0.6 is 11.3 Å². The molecule has 5 nitrogen and oxygen atoms in total. The Hall–Kier alpha value is -2.47. The van der Waals surface area contributed by atoms with Gasteiger partial charge < -0.3 is 4.98 Å². The molecular formula is C13H8N4OS. The summed E-state index contributed by atoms with van der Waals surface area (Å²) < 4.78 is 1.60. The Bertz CT molecular complexity index is 936. The van der Waals surface area contributed by atoms with Crippen LogP contribution in [0.4, 0.5) is 0 Å². The SMILES string of the molecule is O=c1[nH]c2ccccc2n2nc(-c3cccs3)nc12. The van der Waals surface area contributed by atoms with Gasteiger partial charge in [-0.15, -0.1) is 16.4 Å². The standard InChI is InChI=1S/C13H8N4OS/c18-13-12-15-11(10-6-3-7-19-10)16-17(12)9-5-2-1-4-8(9)14-13/h1-7H,(H,14,18). The number of aromatic nitrogens is 4. The molecule has 19 heavy (non-hydrogen) atoms. The molecule has 0 spiro atoms. The zero-order chi connectivity index (χ0) is 12.8. The van der Waals surface area contributed by atoms with Crippen LogP contribution < -0.4 is 5.56 Å². The van der Waals surface area contributed by atoms with E-state index in [1.807, 2.05) is 41.8 Å². The van der Waals surface area contributed by atoms with Gasteiger partial charge in [-0.25, -0.2) is 9.50 Å². The Morgan fingerprint density at radius 2 is 2.05 bits per heavy atom. The Balaban J connectivity index is 2.16. The Morgan fingerprint density at radius 1 is 1.16 bits per heavy atom. The molecule has 6 heteroatoms. The number of hydrogen-bond acceptors (Lipinski definition) is 4. The van der Waals surface area contributed by atoms with Crippen LogP contribution in [0.5, 0.6) is 0 Å². The van der Waals surface area contributed by atoms with E-state index in [1.165, 1.54) is 0 Å². The first-order valence-electron chi connectivity index (χ1n) is 5.74. The summed E-state index contributed by atoms with van der Waals surface area (Å²) in [6.07, 6.45) is 0. The summed E-state index contributed by atoms with van der Waals surface area (Å²) in [7, 11) is 0. The van der Waals surface area contributed by atoms with Gasteiger partial charge in [-0.2, -0.15) is 0 Å². The molecule has 0 fully saturated rings. The minimum Gasteiger partial charge on any atom is -0.317 e. The highest BCUT2D eigenvalue weighted by molar-refractivity contribution is 7.13. The molecule has 0 saturated carbocycles. The van der Waals surface area contributed by atoms with Crippen LogP contribution in [-0.2, 0) is 0 Å². The van der Waals surface area contributed by atoms with E-state index < -0.39 is 0 Å². The summed E-state index contributed by atoms with van der Waals surface area (Å²) in [4.78, 5) is 20.1. The predicted octanol–water partition coefficient (Wildman–Crippen LogP) is 2.30. The van der Waals surface area contributed by atoms with Crippen LogP contribution in [0.3, 0.4) is 0 Å². The van der Waals surface area contributed by atoms with Gasteiger partial charge in [-0.3, -0.25) is 4.79 Å². The van der Waals surface area contributed by atoms with Gasteiger partial charge >= 0.3 is 0 Å². The average Bonchev–Trinajstić information content (AvgIpc) is 3.08. The Morgan fingerprint density at radius 3 is 2.89 bits per heavy atom. The van der Waals surface area contributed by atoms with Crippen molar-refractivity contribution in [2.75, 3.05) is 0 Å². The largest absolute Gasteiger partial charge is 0.317 e. The third-order valence-corrected chi connectivity index (χ3v) is 3.80. The van der Waals surface area contributed by atoms with Gasteiger partial charge in [0.25, 0.3) is 5.56 Å². The second-order valence-corrected chi connectivity index (χ2v) is 5.07. The highest BCUT2D eigenvalue weighted by atomic mass is 32.1. The first-order chi connectivity index (χ1) is 9.33. The lowest BCUT2D eigenvalue weighted by Crippen LogP contribution is -2.11. The molecule has 0 amide bonds. The fraction of sp³-hybridized carbons (Fsp3) is 0. The second kappa shape index (κ2) is 3.76. The van der Waals surface area contributed by atoms with Crippen LogP contribution in [0.2, 0.25) is 0 Å². The van der Waals surface area contributed by atoms with Crippen LogP contribution in [0.25, 0.3) is 27.4 Å². The Kier molecular flexibility index (Phi) is 2.07. The van der Waals surface area contributed by atoms with Crippen molar-refractivity contribution in [2.45, 2.75) is 0 Å². The summed E-state index contributed by atoms with van der Waals surface area (Å²) in [5, 5.41) is 6.40. The Labute approximate surface area is 111 Å². The van der Waals surface area contributed by atoms with Crippen molar-refractivity contribution >= 4 is 28.0 Å². The number of fused-ring (bicyclic) bond motifs is 3. The molecule has 1 N–H and O–H groups in total. The minimum atomic E-state index is -0.228. The zero-order valence-corrected chi connectivity index (χ0v) is 10.5. The first kappa shape index (κ1) is 10.5. The van der Waals surface area contributed by atoms with Crippen LogP contribution in [0.15, 0.2) is 46.6 Å². The molecule has 4 rings (SSSR count). The van der Waals surface area contributed by atoms with E-state index in [0.717, 1.165) is 15.9 Å². The highest BCUT2D eigenvalue weighted by Crippen LogP contribution is 2.22. The molecule has 0 radical (unpaired) electrons. The molecule has 3 aromatic heterocycles. The molecule has 0 saturated heterocycles. The van der Waals surface area contributed by atoms with Crippen molar-refractivity contribution in [3.63, 3.8) is 0 Å². The van der Waals surface area contributed by atoms with Crippen LogP contribution in [0.1, 0.15) is 0 Å². The molecule has 0 aliphatic heterocycles. The maximum absolute atomic E-state index is 12.0. The fourth-order valence-electron chi connectivity index (χ4n) is 2.08. The van der Waals surface area contributed by atoms with Gasteiger partial charge in [0.05, 0.1) is 15.9 Å². The summed E-state index contributed by atoms with van der Waals surface area (Å²) in [6, 6.07) is 11.4. The number of para-hydroxylation sites is 2. The van der Waals surface area contributed by atoms with E-state index in [-0.39, 0.29) is 5.56 Å². The van der Waals surface area contributed by atoms with E-state index >= 15 is 0 Å². The van der Waals surface area contributed by atoms with Crippen molar-refractivity contribution < 1.29 is 0 Å². The van der Waals surface area contributed by atoms with E-state index in [2.05, 4.69) is 15.1 Å². The fourth-order valence-corrected chi connectivity index (χ4v) is 2.73. The molecule has 4 aromatic rings. The number of H-pyrrole nitrogens is 1. The lowest BCUT2D eigenvalue weighted by Gasteiger charge is -1.98. The summed E-state index contributed by atoms with van der Waals surface area (Å²) in [6.45, 7) is 0. The molecule has 0 bridgehead atoms. The van der Waals surface area contributed by atoms with Gasteiger partial charge in [0, 0.05) is 0 Å². The van der Waals surface area contributed by atoms with Crippen molar-refractivity contribution in [2.24, 2.45) is 0 Å². The lowest BCUT2D eigenvalue weighted by atomic mass is 10.3. The first-order valence-corrected chi connectivity index (χ1v) is 6.62. The highest BCUT2D eigenvalue weighted by Gasteiger charge is 2.12. The number of nitrogens with zero attached hydrogens (tertiary/aromatic N) is 3. The third-order valence-electron chi connectivity index (χ3n) is 2.93. The number of nitrogens with one attached hydrogen (secondary N) is 1. The van der Waals surface area contributed by atoms with Gasteiger partial charge in [0.15, 0.2) is 5.82 Å². The van der Waals surface area contributed by atoms with E-state index in [0.29, 0.717) is 11.5 Å². The zero-order valence-electron chi connectivity index (χ0n) is 9.70. The van der Waals surface area contributed by atoms with Crippen molar-refractivity contribution in [3.05, 3.63) is 52.1 Å². The number of rotatable bonds is 1. The maximum atomic E-state index is 12.0. The monoisotopic (exact) mass is 268 g/mol. The average molecular weight is 268 g/mol. The van der Waals surface area contributed by atoms with Crippen molar-refractivity contribution in [3.8, 4) is 10.7 Å². The molecule has 1 aromatic carbocycles. The molecule has 0 atom stereocenters.